The average molecular weight is 358 g/mol. The maximum Gasteiger partial charge on any atom is 0.311 e. The van der Waals surface area contributed by atoms with Crippen molar-refractivity contribution in [2.24, 2.45) is 12.1 Å². The van der Waals surface area contributed by atoms with Gasteiger partial charge in [0.1, 0.15) is 0 Å². The van der Waals surface area contributed by atoms with Crippen LogP contribution in [-0.4, -0.2) is 22.5 Å². The molecule has 128 valence electrons. The Bertz CT molecular complexity index is 1040. The van der Waals surface area contributed by atoms with Crippen molar-refractivity contribution in [3.05, 3.63) is 62.9 Å². The molecule has 1 N–H and O–H groups in total. The number of rotatable bonds is 4. The monoisotopic (exact) mass is 358 g/mol. The second-order valence-corrected chi connectivity index (χ2v) is 6.12. The number of para-hydroxylation sites is 1. The number of thiazole rings is 1. The lowest BCUT2D eigenvalue weighted by atomic mass is 10.2. The third-order valence-electron chi connectivity index (χ3n) is 3.61. The van der Waals surface area contributed by atoms with Crippen molar-refractivity contribution in [1.82, 2.24) is 9.99 Å². The van der Waals surface area contributed by atoms with Gasteiger partial charge in [-0.1, -0.05) is 23.5 Å². The molecule has 0 spiro atoms. The summed E-state index contributed by atoms with van der Waals surface area (Å²) >= 11 is 1.43. The highest BCUT2D eigenvalue weighted by Crippen LogP contribution is 2.27. The fourth-order valence-corrected chi connectivity index (χ4v) is 3.30. The number of carbonyl (C=O) groups is 1. The maximum atomic E-state index is 12.2. The molecule has 1 amide bonds. The minimum absolute atomic E-state index is 0.0920. The second-order valence-electron chi connectivity index (χ2n) is 5.11. The van der Waals surface area contributed by atoms with E-state index >= 15 is 0 Å². The van der Waals surface area contributed by atoms with E-state index in [9.17, 15) is 14.9 Å². The Morgan fingerprint density at radius 1 is 1.32 bits per heavy atom. The number of amides is 1. The Balaban J connectivity index is 1.90. The van der Waals surface area contributed by atoms with Crippen LogP contribution in [0.25, 0.3) is 10.2 Å². The zero-order chi connectivity index (χ0) is 18.0. The highest BCUT2D eigenvalue weighted by Gasteiger charge is 2.18. The molecule has 0 aliphatic rings. The van der Waals surface area contributed by atoms with Crippen LogP contribution in [0, 0.1) is 10.1 Å². The molecule has 0 radical (unpaired) electrons. The molecule has 3 aromatic rings. The Kier molecular flexibility index (Phi) is 4.48. The van der Waals surface area contributed by atoms with Gasteiger partial charge in [-0.3, -0.25) is 14.9 Å². The molecule has 0 unspecified atom stereocenters. The van der Waals surface area contributed by atoms with Crippen LogP contribution in [0.4, 0.5) is 5.69 Å². The minimum Gasteiger partial charge on any atom is -0.490 e. The van der Waals surface area contributed by atoms with Crippen molar-refractivity contribution in [2.75, 3.05) is 7.11 Å². The third kappa shape index (κ3) is 3.22. The predicted molar refractivity (Wildman–Crippen MR) is 93.5 cm³/mol. The number of fused-ring (bicyclic) bond motifs is 1. The van der Waals surface area contributed by atoms with Crippen LogP contribution in [0.15, 0.2) is 47.6 Å². The van der Waals surface area contributed by atoms with Crippen molar-refractivity contribution < 1.29 is 14.5 Å². The summed E-state index contributed by atoms with van der Waals surface area (Å²) in [6, 6.07) is 11.8. The van der Waals surface area contributed by atoms with Gasteiger partial charge in [0.05, 0.1) is 22.2 Å². The highest BCUT2D eigenvalue weighted by atomic mass is 32.1. The van der Waals surface area contributed by atoms with E-state index in [1.54, 1.807) is 0 Å². The fraction of sp³-hybridized carbons (Fsp3) is 0.125. The van der Waals surface area contributed by atoms with Crippen LogP contribution in [0.3, 0.4) is 0 Å². The number of aromatic nitrogens is 1. The molecule has 3 rings (SSSR count). The molecule has 25 heavy (non-hydrogen) atoms. The normalized spacial score (nSPS) is 11.5. The molecule has 2 aromatic carbocycles. The molecule has 8 nitrogen and oxygen atoms in total. The molecule has 0 bridgehead atoms. The summed E-state index contributed by atoms with van der Waals surface area (Å²) < 4.78 is 7.82. The first-order valence-electron chi connectivity index (χ1n) is 7.22. The summed E-state index contributed by atoms with van der Waals surface area (Å²) in [5.74, 6) is -0.447. The van der Waals surface area contributed by atoms with Gasteiger partial charge in [0.2, 0.25) is 4.80 Å². The third-order valence-corrected chi connectivity index (χ3v) is 4.72. The largest absolute Gasteiger partial charge is 0.490 e. The van der Waals surface area contributed by atoms with Gasteiger partial charge in [0.15, 0.2) is 5.75 Å². The second kappa shape index (κ2) is 6.73. The molecule has 0 fully saturated rings. The summed E-state index contributed by atoms with van der Waals surface area (Å²) in [6.07, 6.45) is 0. The average Bonchev–Trinajstić information content (AvgIpc) is 2.95. The van der Waals surface area contributed by atoms with E-state index in [1.807, 2.05) is 35.9 Å². The highest BCUT2D eigenvalue weighted by molar-refractivity contribution is 7.16. The summed E-state index contributed by atoms with van der Waals surface area (Å²) in [5.41, 5.74) is 3.28. The summed E-state index contributed by atoms with van der Waals surface area (Å²) in [4.78, 5) is 23.3. The van der Waals surface area contributed by atoms with Crippen molar-refractivity contribution in [1.29, 1.82) is 0 Å². The van der Waals surface area contributed by atoms with Crippen molar-refractivity contribution in [3.8, 4) is 5.75 Å². The zero-order valence-corrected chi connectivity index (χ0v) is 14.2. The smallest absolute Gasteiger partial charge is 0.311 e. The van der Waals surface area contributed by atoms with Gasteiger partial charge in [-0.2, -0.15) is 0 Å². The van der Waals surface area contributed by atoms with E-state index in [2.05, 4.69) is 10.5 Å². The van der Waals surface area contributed by atoms with Crippen LogP contribution in [0.2, 0.25) is 0 Å². The number of nitrogens with zero attached hydrogens (tertiary/aromatic N) is 3. The molecule has 0 aliphatic carbocycles. The molecule has 0 saturated carbocycles. The molecular weight excluding hydrogens is 344 g/mol. The first-order valence-corrected chi connectivity index (χ1v) is 8.04. The number of ether oxygens (including phenoxy) is 1. The maximum absolute atomic E-state index is 12.2. The van der Waals surface area contributed by atoms with Crippen LogP contribution < -0.4 is 15.0 Å². The summed E-state index contributed by atoms with van der Waals surface area (Å²) in [6.45, 7) is 0. The van der Waals surface area contributed by atoms with Gasteiger partial charge in [-0.25, -0.2) is 5.43 Å². The van der Waals surface area contributed by atoms with Gasteiger partial charge in [0, 0.05) is 18.7 Å². The molecule has 9 heteroatoms. The quantitative estimate of drug-likeness (QED) is 0.572. The van der Waals surface area contributed by atoms with Crippen LogP contribution in [0.1, 0.15) is 10.4 Å². The van der Waals surface area contributed by atoms with E-state index in [4.69, 9.17) is 4.74 Å². The van der Waals surface area contributed by atoms with E-state index in [1.165, 1.54) is 30.6 Å². The molecular formula is C16H14N4O4S. The number of nitrogens with one attached hydrogen (secondary N) is 1. The Hall–Kier alpha value is -3.20. The SMILES string of the molecule is COc1ccc(C(=O)NN=c2sc3ccccc3n2C)cc1[N+](=O)[O-]. The number of methoxy groups -OCH3 is 1. The van der Waals surface area contributed by atoms with Gasteiger partial charge < -0.3 is 9.30 Å². The number of hydrogen-bond donors (Lipinski definition) is 1. The number of benzene rings is 2. The van der Waals surface area contributed by atoms with Crippen LogP contribution in [0.5, 0.6) is 5.75 Å². The van der Waals surface area contributed by atoms with Crippen molar-refractivity contribution in [3.63, 3.8) is 0 Å². The molecule has 1 heterocycles. The van der Waals surface area contributed by atoms with Gasteiger partial charge in [-0.05, 0) is 24.3 Å². The number of nitro benzene ring substituents is 1. The topological polar surface area (TPSA) is 98.8 Å². The molecule has 0 atom stereocenters. The molecule has 0 saturated heterocycles. The van der Waals surface area contributed by atoms with E-state index in [0.717, 1.165) is 16.3 Å². The minimum atomic E-state index is -0.598. The van der Waals surface area contributed by atoms with Gasteiger partial charge >= 0.3 is 5.69 Å². The lowest BCUT2D eigenvalue weighted by Crippen LogP contribution is -2.23. The first-order chi connectivity index (χ1) is 12.0. The predicted octanol–water partition coefficient (Wildman–Crippen LogP) is 2.40. The van der Waals surface area contributed by atoms with E-state index < -0.39 is 10.8 Å². The zero-order valence-electron chi connectivity index (χ0n) is 13.4. The summed E-state index contributed by atoms with van der Waals surface area (Å²) in [7, 11) is 3.18. The molecule has 0 aliphatic heterocycles. The Morgan fingerprint density at radius 2 is 2.08 bits per heavy atom. The number of nitro groups is 1. The standard InChI is InChI=1S/C16H14N4O4S/c1-19-11-5-3-4-6-14(11)25-16(19)18-17-15(21)10-7-8-13(24-2)12(9-10)20(22)23/h3-9H,1-2H3,(H,17,21). The number of carbonyl (C=O) groups excluding carboxylic acids is 1. The lowest BCUT2D eigenvalue weighted by Gasteiger charge is -2.04. The van der Waals surface area contributed by atoms with Crippen LogP contribution >= 0.6 is 11.3 Å². The Labute approximate surface area is 146 Å². The summed E-state index contributed by atoms with van der Waals surface area (Å²) in [5, 5.41) is 15.2. The van der Waals surface area contributed by atoms with Crippen LogP contribution in [-0.2, 0) is 7.05 Å². The lowest BCUT2D eigenvalue weighted by molar-refractivity contribution is -0.385. The van der Waals surface area contributed by atoms with Gasteiger partial charge in [-0.15, -0.1) is 5.10 Å². The molecule has 1 aromatic heterocycles. The van der Waals surface area contributed by atoms with E-state index in [0.29, 0.717) is 4.80 Å². The van der Waals surface area contributed by atoms with Gasteiger partial charge in [0.25, 0.3) is 5.91 Å². The van der Waals surface area contributed by atoms with E-state index in [-0.39, 0.29) is 17.0 Å². The fourth-order valence-electron chi connectivity index (χ4n) is 2.33. The van der Waals surface area contributed by atoms with Crippen molar-refractivity contribution >= 4 is 33.1 Å². The van der Waals surface area contributed by atoms with Crippen molar-refractivity contribution in [2.45, 2.75) is 0 Å². The first kappa shape index (κ1) is 16.7. The number of aryl methyl sites for hydroxylation is 1. The Morgan fingerprint density at radius 3 is 2.76 bits per heavy atom. The number of hydrogen-bond acceptors (Lipinski definition) is 6.